The maximum absolute atomic E-state index is 14.5. The number of carboxylic acid groups (broad SMARTS) is 1. The summed E-state index contributed by atoms with van der Waals surface area (Å²) in [5, 5.41) is 20.1. The molecule has 10 nitrogen and oxygen atoms in total. The molecule has 178 valence electrons. The summed E-state index contributed by atoms with van der Waals surface area (Å²) in [6.45, 7) is 7.44. The molecule has 0 bridgehead atoms. The molecule has 34 heavy (non-hydrogen) atoms. The van der Waals surface area contributed by atoms with Crippen molar-refractivity contribution in [2.45, 2.75) is 33.0 Å². The van der Waals surface area contributed by atoms with Gasteiger partial charge in [-0.1, -0.05) is 12.1 Å². The lowest BCUT2D eigenvalue weighted by atomic mass is 10.0. The summed E-state index contributed by atoms with van der Waals surface area (Å²) < 4.78 is 25.7. The molecule has 0 saturated carbocycles. The van der Waals surface area contributed by atoms with Crippen molar-refractivity contribution in [3.8, 4) is 16.9 Å². The lowest BCUT2D eigenvalue weighted by Gasteiger charge is -2.35. The molecule has 1 saturated heterocycles. The number of aromatic nitrogens is 4. The Labute approximate surface area is 195 Å². The van der Waals surface area contributed by atoms with Crippen LogP contribution in [-0.2, 0) is 4.74 Å². The predicted molar refractivity (Wildman–Crippen MR) is 123 cm³/mol. The minimum atomic E-state index is -1.23. The number of halogens is 1. The number of rotatable bonds is 7. The number of carbonyl (C=O) groups is 1. The van der Waals surface area contributed by atoms with Crippen LogP contribution in [0.2, 0.25) is 0 Å². The molecule has 1 aliphatic rings. The molecule has 0 amide bonds. The fourth-order valence-electron chi connectivity index (χ4n) is 3.79. The zero-order valence-electron chi connectivity index (χ0n) is 19.0. The number of aromatic carboxylic acids is 1. The number of nitrogens with zero attached hydrogens (tertiary/aromatic N) is 5. The van der Waals surface area contributed by atoms with Crippen LogP contribution in [0.4, 0.5) is 22.0 Å². The minimum Gasteiger partial charge on any atom is -0.494 e. The molecule has 3 aromatic rings. The average molecular weight is 468 g/mol. The molecule has 1 aromatic carbocycles. The third kappa shape index (κ3) is 5.20. The highest BCUT2D eigenvalue weighted by atomic mass is 19.1. The summed E-state index contributed by atoms with van der Waals surface area (Å²) in [5.41, 5.74) is 0.687. The Balaban J connectivity index is 1.64. The van der Waals surface area contributed by atoms with E-state index in [-0.39, 0.29) is 29.5 Å². The molecule has 2 atom stereocenters. The first kappa shape index (κ1) is 23.3. The maximum atomic E-state index is 14.5. The molecule has 1 fully saturated rings. The van der Waals surface area contributed by atoms with Crippen molar-refractivity contribution in [2.24, 2.45) is 0 Å². The van der Waals surface area contributed by atoms with E-state index in [1.165, 1.54) is 6.07 Å². The number of carboxylic acids is 1. The largest absolute Gasteiger partial charge is 0.494 e. The Morgan fingerprint density at radius 1 is 1.24 bits per heavy atom. The van der Waals surface area contributed by atoms with E-state index in [0.717, 1.165) is 6.20 Å². The van der Waals surface area contributed by atoms with Gasteiger partial charge < -0.3 is 24.8 Å². The molecule has 0 radical (unpaired) electrons. The first-order valence-corrected chi connectivity index (χ1v) is 10.9. The van der Waals surface area contributed by atoms with E-state index in [1.807, 2.05) is 25.7 Å². The van der Waals surface area contributed by atoms with Crippen LogP contribution in [0, 0.1) is 5.82 Å². The summed E-state index contributed by atoms with van der Waals surface area (Å²) >= 11 is 0. The van der Waals surface area contributed by atoms with Crippen molar-refractivity contribution in [3.05, 3.63) is 48.0 Å². The monoisotopic (exact) mass is 468 g/mol. The Bertz CT molecular complexity index is 1170. The van der Waals surface area contributed by atoms with Crippen molar-refractivity contribution < 1.29 is 23.8 Å². The molecular formula is C23H25FN6O4. The van der Waals surface area contributed by atoms with Crippen LogP contribution < -0.4 is 15.0 Å². The third-order valence-electron chi connectivity index (χ3n) is 5.15. The van der Waals surface area contributed by atoms with Crippen molar-refractivity contribution >= 4 is 23.6 Å². The van der Waals surface area contributed by atoms with Gasteiger partial charge in [0, 0.05) is 18.7 Å². The number of hydrogen-bond acceptors (Lipinski definition) is 9. The van der Waals surface area contributed by atoms with Crippen molar-refractivity contribution in [2.75, 3.05) is 29.9 Å². The van der Waals surface area contributed by atoms with Crippen LogP contribution in [0.15, 0.2) is 36.5 Å². The van der Waals surface area contributed by atoms with E-state index in [9.17, 15) is 14.3 Å². The van der Waals surface area contributed by atoms with Gasteiger partial charge >= 0.3 is 5.97 Å². The second-order valence-electron chi connectivity index (χ2n) is 7.91. The summed E-state index contributed by atoms with van der Waals surface area (Å²) in [5.74, 6) is -0.842. The highest BCUT2D eigenvalue weighted by Crippen LogP contribution is 2.28. The van der Waals surface area contributed by atoms with Gasteiger partial charge in [-0.2, -0.15) is 4.98 Å². The zero-order chi connectivity index (χ0) is 24.2. The third-order valence-corrected chi connectivity index (χ3v) is 5.15. The zero-order valence-corrected chi connectivity index (χ0v) is 19.0. The van der Waals surface area contributed by atoms with Gasteiger partial charge in [0.2, 0.25) is 5.95 Å². The van der Waals surface area contributed by atoms with E-state index >= 15 is 0 Å². The first-order valence-electron chi connectivity index (χ1n) is 10.9. The van der Waals surface area contributed by atoms with Crippen LogP contribution in [0.25, 0.3) is 11.1 Å². The average Bonchev–Trinajstić information content (AvgIpc) is 2.80. The Kier molecular flexibility index (Phi) is 6.82. The highest BCUT2D eigenvalue weighted by molar-refractivity contribution is 5.94. The van der Waals surface area contributed by atoms with Gasteiger partial charge in [0.25, 0.3) is 0 Å². The van der Waals surface area contributed by atoms with Crippen LogP contribution in [0.5, 0.6) is 5.75 Å². The molecule has 0 spiro atoms. The predicted octanol–water partition coefficient (Wildman–Crippen LogP) is 3.53. The van der Waals surface area contributed by atoms with Crippen LogP contribution in [-0.4, -0.2) is 63.1 Å². The summed E-state index contributed by atoms with van der Waals surface area (Å²) in [4.78, 5) is 22.1. The number of ether oxygens (including phenoxy) is 2. The Morgan fingerprint density at radius 3 is 2.59 bits per heavy atom. The normalized spacial score (nSPS) is 17.9. The molecule has 3 heterocycles. The van der Waals surface area contributed by atoms with E-state index in [0.29, 0.717) is 42.5 Å². The minimum absolute atomic E-state index is 0.0140. The number of nitrogens with one attached hydrogen (secondary N) is 1. The fraction of sp³-hybridized carbons (Fsp3) is 0.348. The molecule has 1 aliphatic heterocycles. The highest BCUT2D eigenvalue weighted by Gasteiger charge is 2.25. The standard InChI is InChI=1S/C23H25FN6O4/c1-4-33-16-7-5-15(6-8-16)17-9-19(28-29-20(17)22(31)32)26-21-18(24)10-25-23(27-21)30-11-13(2)34-14(3)12-30/h5-10,13-14H,4,11-12H2,1-3H3,(H,31,32)(H,25,26,27,28)/t13-,14+. The van der Waals surface area contributed by atoms with Crippen LogP contribution in [0.3, 0.4) is 0 Å². The number of morpholine rings is 1. The summed E-state index contributed by atoms with van der Waals surface area (Å²) in [6, 6.07) is 8.41. The van der Waals surface area contributed by atoms with Gasteiger partial charge in [0.1, 0.15) is 5.75 Å². The lowest BCUT2D eigenvalue weighted by molar-refractivity contribution is -0.00572. The number of benzene rings is 1. The van der Waals surface area contributed by atoms with Gasteiger partial charge in [-0.3, -0.25) is 0 Å². The number of anilines is 3. The quantitative estimate of drug-likeness (QED) is 0.532. The molecule has 0 aliphatic carbocycles. The molecular weight excluding hydrogens is 443 g/mol. The Morgan fingerprint density at radius 2 is 1.94 bits per heavy atom. The molecule has 2 N–H and O–H groups in total. The molecule has 4 rings (SSSR count). The molecule has 2 aromatic heterocycles. The van der Waals surface area contributed by atoms with E-state index in [2.05, 4.69) is 25.5 Å². The van der Waals surface area contributed by atoms with Gasteiger partial charge in [0.05, 0.1) is 25.0 Å². The van der Waals surface area contributed by atoms with Gasteiger partial charge in [-0.05, 0) is 44.5 Å². The SMILES string of the molecule is CCOc1ccc(-c2cc(Nc3nc(N4C[C@@H](C)O[C@@H](C)C4)ncc3F)nnc2C(=O)O)cc1. The van der Waals surface area contributed by atoms with E-state index in [1.54, 1.807) is 24.3 Å². The fourth-order valence-corrected chi connectivity index (χ4v) is 3.79. The maximum Gasteiger partial charge on any atom is 0.357 e. The smallest absolute Gasteiger partial charge is 0.357 e. The van der Waals surface area contributed by atoms with Crippen LogP contribution in [0.1, 0.15) is 31.3 Å². The van der Waals surface area contributed by atoms with Gasteiger partial charge in [-0.15, -0.1) is 10.2 Å². The second-order valence-corrected chi connectivity index (χ2v) is 7.91. The summed E-state index contributed by atoms with van der Waals surface area (Å²) in [7, 11) is 0. The van der Waals surface area contributed by atoms with Crippen molar-refractivity contribution in [3.63, 3.8) is 0 Å². The van der Waals surface area contributed by atoms with Gasteiger partial charge in [0.15, 0.2) is 23.1 Å². The summed E-state index contributed by atoms with van der Waals surface area (Å²) in [6.07, 6.45) is 1.06. The first-order chi connectivity index (χ1) is 16.3. The molecule has 11 heteroatoms. The molecule has 0 unspecified atom stereocenters. The van der Waals surface area contributed by atoms with Crippen molar-refractivity contribution in [1.29, 1.82) is 0 Å². The lowest BCUT2D eigenvalue weighted by Crippen LogP contribution is -2.46. The number of hydrogen-bond donors (Lipinski definition) is 2. The topological polar surface area (TPSA) is 123 Å². The Hall–Kier alpha value is -3.86. The van der Waals surface area contributed by atoms with Gasteiger partial charge in [-0.25, -0.2) is 14.2 Å². The van der Waals surface area contributed by atoms with Crippen LogP contribution >= 0.6 is 0 Å². The second kappa shape index (κ2) is 9.96. The van der Waals surface area contributed by atoms with E-state index < -0.39 is 11.8 Å². The van der Waals surface area contributed by atoms with Crippen molar-refractivity contribution in [1.82, 2.24) is 20.2 Å². The van der Waals surface area contributed by atoms with E-state index in [4.69, 9.17) is 9.47 Å².